The molecule has 0 heterocycles. The lowest BCUT2D eigenvalue weighted by molar-refractivity contribution is -0.150. The van der Waals surface area contributed by atoms with Gasteiger partial charge in [0.15, 0.2) is 0 Å². The molecule has 0 radical (unpaired) electrons. The number of carbonyl (C=O) groups excluding carboxylic acids is 1. The van der Waals surface area contributed by atoms with Crippen molar-refractivity contribution in [3.63, 3.8) is 0 Å². The Morgan fingerprint density at radius 1 is 0.488 bits per heavy atom. The van der Waals surface area contributed by atoms with Crippen molar-refractivity contribution in [2.75, 3.05) is 0 Å². The number of hydrogen-bond acceptors (Lipinski definition) is 3. The summed E-state index contributed by atoms with van der Waals surface area (Å²) < 4.78 is 5.93. The number of ether oxygens (including phenoxy) is 1. The number of unbranched alkanes of at least 4 members (excludes halogenated alkanes) is 24. The van der Waals surface area contributed by atoms with Crippen LogP contribution in [0.3, 0.4) is 0 Å². The molecule has 0 aliphatic heterocycles. The summed E-state index contributed by atoms with van der Waals surface area (Å²) in [7, 11) is 0. The van der Waals surface area contributed by atoms with Crippen LogP contribution in [0.1, 0.15) is 219 Å². The van der Waals surface area contributed by atoms with Crippen molar-refractivity contribution in [3.8, 4) is 0 Å². The Bertz CT molecular complexity index is 614. The van der Waals surface area contributed by atoms with Crippen LogP contribution in [0.15, 0.2) is 12.2 Å². The van der Waals surface area contributed by atoms with Crippen LogP contribution >= 0.6 is 0 Å². The van der Waals surface area contributed by atoms with Gasteiger partial charge in [0.1, 0.15) is 6.10 Å². The van der Waals surface area contributed by atoms with Crippen LogP contribution in [-0.2, 0) is 14.3 Å². The Balaban J connectivity index is 3.94. The van der Waals surface area contributed by atoms with E-state index in [-0.39, 0.29) is 18.5 Å². The van der Waals surface area contributed by atoms with E-state index in [0.29, 0.717) is 12.8 Å². The van der Waals surface area contributed by atoms with Crippen molar-refractivity contribution in [3.05, 3.63) is 12.2 Å². The predicted molar refractivity (Wildman–Crippen MR) is 186 cm³/mol. The van der Waals surface area contributed by atoms with Crippen molar-refractivity contribution < 1.29 is 19.4 Å². The minimum absolute atomic E-state index is 0.00433. The summed E-state index contributed by atoms with van der Waals surface area (Å²) in [6.07, 6.45) is 42.2. The summed E-state index contributed by atoms with van der Waals surface area (Å²) in [5.74, 6) is -0.756. The van der Waals surface area contributed by atoms with Gasteiger partial charge in [-0.2, -0.15) is 0 Å². The van der Waals surface area contributed by atoms with Crippen LogP contribution in [-0.4, -0.2) is 23.1 Å². The normalized spacial score (nSPS) is 12.2. The van der Waals surface area contributed by atoms with Gasteiger partial charge in [0.05, 0.1) is 0 Å². The maximum atomic E-state index is 12.6. The van der Waals surface area contributed by atoms with Crippen molar-refractivity contribution in [1.82, 2.24) is 0 Å². The van der Waals surface area contributed by atoms with Crippen molar-refractivity contribution in [2.24, 2.45) is 0 Å². The standard InChI is InChI=1S/C39H74O4/c1-3-5-7-9-11-13-15-17-18-19-20-22-24-26-29-33-37(34-30-28-31-35-38(40)41)43-39(42)36-32-27-25-23-21-16-14-12-10-8-6-4-2/h10,12,37H,3-9,11,13-36H2,1-2H3,(H,40,41)/b12-10-. The minimum atomic E-state index is -0.722. The zero-order valence-electron chi connectivity index (χ0n) is 29.0. The van der Waals surface area contributed by atoms with E-state index in [0.717, 1.165) is 44.9 Å². The maximum absolute atomic E-state index is 12.6. The molecule has 0 spiro atoms. The fourth-order valence-corrected chi connectivity index (χ4v) is 5.87. The smallest absolute Gasteiger partial charge is 0.306 e. The van der Waals surface area contributed by atoms with Gasteiger partial charge in [0.25, 0.3) is 0 Å². The van der Waals surface area contributed by atoms with E-state index in [9.17, 15) is 9.59 Å². The molecule has 0 aliphatic carbocycles. The van der Waals surface area contributed by atoms with Gasteiger partial charge in [0.2, 0.25) is 0 Å². The second kappa shape index (κ2) is 35.2. The molecule has 0 aromatic carbocycles. The van der Waals surface area contributed by atoms with Gasteiger partial charge in [0, 0.05) is 12.8 Å². The third-order valence-electron chi connectivity index (χ3n) is 8.74. The summed E-state index contributed by atoms with van der Waals surface area (Å²) in [6.45, 7) is 4.52. The molecule has 4 heteroatoms. The SMILES string of the molecule is CCCC/C=C\CCCCCCCCC(=O)OC(CCCCCCCCCCCCCCCCC)CCCCCC(=O)O. The number of carboxylic acids is 1. The fourth-order valence-electron chi connectivity index (χ4n) is 5.87. The zero-order valence-corrected chi connectivity index (χ0v) is 29.0. The molecule has 1 N–H and O–H groups in total. The maximum Gasteiger partial charge on any atom is 0.306 e. The van der Waals surface area contributed by atoms with E-state index < -0.39 is 5.97 Å². The Labute approximate surface area is 268 Å². The van der Waals surface area contributed by atoms with E-state index in [1.165, 1.54) is 141 Å². The van der Waals surface area contributed by atoms with Crippen molar-refractivity contribution >= 4 is 11.9 Å². The van der Waals surface area contributed by atoms with Crippen LogP contribution in [0.5, 0.6) is 0 Å². The zero-order chi connectivity index (χ0) is 31.5. The Morgan fingerprint density at radius 3 is 1.35 bits per heavy atom. The summed E-state index contributed by atoms with van der Waals surface area (Å²) in [5, 5.41) is 8.88. The Hall–Kier alpha value is -1.32. The highest BCUT2D eigenvalue weighted by Gasteiger charge is 2.14. The molecule has 0 saturated carbocycles. The first kappa shape index (κ1) is 41.7. The van der Waals surface area contributed by atoms with E-state index in [2.05, 4.69) is 26.0 Å². The summed E-state index contributed by atoms with van der Waals surface area (Å²) in [5.41, 5.74) is 0. The molecule has 0 fully saturated rings. The summed E-state index contributed by atoms with van der Waals surface area (Å²) in [6, 6.07) is 0. The van der Waals surface area contributed by atoms with Gasteiger partial charge in [-0.1, -0.05) is 161 Å². The highest BCUT2D eigenvalue weighted by atomic mass is 16.5. The molecule has 43 heavy (non-hydrogen) atoms. The summed E-state index contributed by atoms with van der Waals surface area (Å²) >= 11 is 0. The molecule has 0 rings (SSSR count). The number of aliphatic carboxylic acids is 1. The van der Waals surface area contributed by atoms with Crippen LogP contribution in [0.25, 0.3) is 0 Å². The first-order valence-corrected chi connectivity index (χ1v) is 19.2. The average molecular weight is 607 g/mol. The molecule has 0 aromatic heterocycles. The third kappa shape index (κ3) is 35.0. The van der Waals surface area contributed by atoms with Gasteiger partial charge in [-0.3, -0.25) is 9.59 Å². The number of carboxylic acid groups (broad SMARTS) is 1. The molecule has 0 amide bonds. The molecule has 254 valence electrons. The quantitative estimate of drug-likeness (QED) is 0.0443. The molecule has 0 aliphatic rings. The number of hydrogen-bond donors (Lipinski definition) is 1. The lowest BCUT2D eigenvalue weighted by Gasteiger charge is -2.18. The topological polar surface area (TPSA) is 63.6 Å². The van der Waals surface area contributed by atoms with E-state index >= 15 is 0 Å². The molecule has 0 saturated heterocycles. The van der Waals surface area contributed by atoms with E-state index in [1.807, 2.05) is 0 Å². The van der Waals surface area contributed by atoms with Crippen molar-refractivity contribution in [1.29, 1.82) is 0 Å². The highest BCUT2D eigenvalue weighted by Crippen LogP contribution is 2.19. The van der Waals surface area contributed by atoms with Gasteiger partial charge >= 0.3 is 11.9 Å². The molecular weight excluding hydrogens is 532 g/mol. The largest absolute Gasteiger partial charge is 0.481 e. The Kier molecular flexibility index (Phi) is 34.1. The number of rotatable bonds is 35. The average Bonchev–Trinajstić information content (AvgIpc) is 2.99. The van der Waals surface area contributed by atoms with Gasteiger partial charge in [-0.05, 0) is 57.8 Å². The number of allylic oxidation sites excluding steroid dienone is 2. The summed E-state index contributed by atoms with van der Waals surface area (Å²) in [4.78, 5) is 23.4. The third-order valence-corrected chi connectivity index (χ3v) is 8.74. The highest BCUT2D eigenvalue weighted by molar-refractivity contribution is 5.69. The molecule has 0 bridgehead atoms. The van der Waals surface area contributed by atoms with E-state index in [4.69, 9.17) is 9.84 Å². The van der Waals surface area contributed by atoms with Crippen LogP contribution in [0.2, 0.25) is 0 Å². The minimum Gasteiger partial charge on any atom is -0.481 e. The first-order valence-electron chi connectivity index (χ1n) is 19.2. The lowest BCUT2D eigenvalue weighted by atomic mass is 10.0. The van der Waals surface area contributed by atoms with Crippen LogP contribution in [0, 0.1) is 0 Å². The molecule has 1 unspecified atom stereocenters. The Morgan fingerprint density at radius 2 is 0.860 bits per heavy atom. The molecule has 0 aromatic rings. The van der Waals surface area contributed by atoms with E-state index in [1.54, 1.807) is 0 Å². The monoisotopic (exact) mass is 607 g/mol. The second-order valence-corrected chi connectivity index (χ2v) is 13.1. The second-order valence-electron chi connectivity index (χ2n) is 13.1. The van der Waals surface area contributed by atoms with Crippen molar-refractivity contribution in [2.45, 2.75) is 225 Å². The number of carbonyl (C=O) groups is 2. The molecule has 1 atom stereocenters. The molecular formula is C39H74O4. The van der Waals surface area contributed by atoms with Crippen LogP contribution in [0.4, 0.5) is 0 Å². The number of esters is 1. The predicted octanol–water partition coefficient (Wildman–Crippen LogP) is 13.1. The van der Waals surface area contributed by atoms with Gasteiger partial charge < -0.3 is 9.84 Å². The fraction of sp³-hybridized carbons (Fsp3) is 0.897. The molecule has 4 nitrogen and oxygen atoms in total. The lowest BCUT2D eigenvalue weighted by Crippen LogP contribution is -2.18. The van der Waals surface area contributed by atoms with Crippen LogP contribution < -0.4 is 0 Å². The van der Waals surface area contributed by atoms with Gasteiger partial charge in [-0.25, -0.2) is 0 Å². The first-order chi connectivity index (χ1) is 21.1. The van der Waals surface area contributed by atoms with Gasteiger partial charge in [-0.15, -0.1) is 0 Å².